The highest BCUT2D eigenvalue weighted by Gasteiger charge is 2.10. The summed E-state index contributed by atoms with van der Waals surface area (Å²) in [6, 6.07) is 14.8. The molecular weight excluding hydrogens is 322 g/mol. The molecule has 24 heavy (non-hydrogen) atoms. The van der Waals surface area contributed by atoms with Crippen LogP contribution in [0.3, 0.4) is 0 Å². The van der Waals surface area contributed by atoms with Gasteiger partial charge in [-0.1, -0.05) is 24.3 Å². The Hall–Kier alpha value is -2.86. The van der Waals surface area contributed by atoms with E-state index in [1.54, 1.807) is 36.8 Å². The Morgan fingerprint density at radius 1 is 1.17 bits per heavy atom. The largest absolute Gasteiger partial charge is 0.495 e. The number of urea groups is 1. The van der Waals surface area contributed by atoms with Crippen molar-refractivity contribution in [2.24, 2.45) is 0 Å². The number of anilines is 1. The molecule has 0 unspecified atom stereocenters. The number of ether oxygens (including phenoxy) is 1. The molecule has 0 saturated carbocycles. The predicted octanol–water partition coefficient (Wildman–Crippen LogP) is 4.14. The number of nitrogens with one attached hydrogen (secondary N) is 2. The van der Waals surface area contributed by atoms with Gasteiger partial charge in [-0.2, -0.15) is 0 Å². The fourth-order valence-corrected chi connectivity index (χ4v) is 3.06. The van der Waals surface area contributed by atoms with Crippen LogP contribution in [0, 0.1) is 0 Å². The van der Waals surface area contributed by atoms with E-state index < -0.39 is 0 Å². The Balaban J connectivity index is 1.67. The average Bonchev–Trinajstić information content (AvgIpc) is 3.15. The van der Waals surface area contributed by atoms with E-state index in [2.05, 4.69) is 15.6 Å². The summed E-state index contributed by atoms with van der Waals surface area (Å²) in [4.78, 5) is 17.7. The Labute approximate surface area is 144 Å². The third-order valence-electron chi connectivity index (χ3n) is 3.44. The molecule has 0 atom stereocenters. The second kappa shape index (κ2) is 7.61. The molecule has 0 aliphatic rings. The summed E-state index contributed by atoms with van der Waals surface area (Å²) in [6.45, 7) is 0.391. The Morgan fingerprint density at radius 3 is 2.83 bits per heavy atom. The molecule has 122 valence electrons. The number of para-hydroxylation sites is 2. The number of nitrogens with zero attached hydrogens (tertiary/aromatic N) is 1. The molecule has 0 saturated heterocycles. The maximum absolute atomic E-state index is 12.2. The fourth-order valence-electron chi connectivity index (χ4n) is 2.31. The molecule has 3 aromatic rings. The molecular formula is C18H17N3O2S. The number of methoxy groups -OCH3 is 1. The molecule has 6 heteroatoms. The van der Waals surface area contributed by atoms with Gasteiger partial charge in [0.2, 0.25) is 0 Å². The van der Waals surface area contributed by atoms with Crippen molar-refractivity contribution in [2.75, 3.05) is 12.4 Å². The number of thiophene rings is 1. The zero-order valence-electron chi connectivity index (χ0n) is 13.2. The van der Waals surface area contributed by atoms with E-state index in [-0.39, 0.29) is 6.03 Å². The van der Waals surface area contributed by atoms with Crippen LogP contribution < -0.4 is 15.4 Å². The molecule has 0 spiro atoms. The number of amides is 2. The van der Waals surface area contributed by atoms with Gasteiger partial charge < -0.3 is 15.4 Å². The monoisotopic (exact) mass is 339 g/mol. The first-order chi connectivity index (χ1) is 11.8. The molecule has 3 rings (SSSR count). The normalized spacial score (nSPS) is 10.2. The van der Waals surface area contributed by atoms with E-state index in [0.717, 1.165) is 16.1 Å². The van der Waals surface area contributed by atoms with Crippen LogP contribution in [0.1, 0.15) is 5.56 Å². The van der Waals surface area contributed by atoms with Crippen molar-refractivity contribution < 1.29 is 9.53 Å². The molecule has 2 N–H and O–H groups in total. The SMILES string of the molecule is COc1ccccc1NC(=O)NCc1cccnc1-c1cccs1. The average molecular weight is 339 g/mol. The Kier molecular flexibility index (Phi) is 5.08. The van der Waals surface area contributed by atoms with E-state index in [1.807, 2.05) is 41.8 Å². The Morgan fingerprint density at radius 2 is 2.04 bits per heavy atom. The highest BCUT2D eigenvalue weighted by molar-refractivity contribution is 7.13. The summed E-state index contributed by atoms with van der Waals surface area (Å²) in [7, 11) is 1.57. The number of benzene rings is 1. The quantitative estimate of drug-likeness (QED) is 0.734. The predicted molar refractivity (Wildman–Crippen MR) is 96.4 cm³/mol. The van der Waals surface area contributed by atoms with E-state index in [1.165, 1.54) is 0 Å². The summed E-state index contributed by atoms with van der Waals surface area (Å²) in [5, 5.41) is 7.66. The molecule has 0 aliphatic carbocycles. The van der Waals surface area contributed by atoms with Crippen LogP contribution in [-0.2, 0) is 6.54 Å². The van der Waals surface area contributed by atoms with Crippen LogP contribution in [0.2, 0.25) is 0 Å². The lowest BCUT2D eigenvalue weighted by Gasteiger charge is -2.12. The number of hydrogen-bond acceptors (Lipinski definition) is 4. The second-order valence-electron chi connectivity index (χ2n) is 5.00. The minimum atomic E-state index is -0.291. The lowest BCUT2D eigenvalue weighted by Crippen LogP contribution is -2.28. The van der Waals surface area contributed by atoms with Crippen LogP contribution in [0.4, 0.5) is 10.5 Å². The smallest absolute Gasteiger partial charge is 0.319 e. The first-order valence-corrected chi connectivity index (χ1v) is 8.31. The number of carbonyl (C=O) groups is 1. The third-order valence-corrected chi connectivity index (χ3v) is 4.32. The molecule has 0 bridgehead atoms. The number of carbonyl (C=O) groups excluding carboxylic acids is 1. The van der Waals surface area contributed by atoms with Gasteiger partial charge in [-0.25, -0.2) is 4.79 Å². The van der Waals surface area contributed by atoms with Crippen molar-refractivity contribution in [3.05, 3.63) is 65.7 Å². The molecule has 0 fully saturated rings. The Bertz CT molecular complexity index is 819. The van der Waals surface area contributed by atoms with Crippen LogP contribution in [-0.4, -0.2) is 18.1 Å². The fraction of sp³-hybridized carbons (Fsp3) is 0.111. The molecule has 0 aliphatic heterocycles. The van der Waals surface area contributed by atoms with Crippen LogP contribution in [0.15, 0.2) is 60.1 Å². The minimum Gasteiger partial charge on any atom is -0.495 e. The summed E-state index contributed by atoms with van der Waals surface area (Å²) in [5.41, 5.74) is 2.49. The number of aromatic nitrogens is 1. The summed E-state index contributed by atoms with van der Waals surface area (Å²) >= 11 is 1.62. The maximum Gasteiger partial charge on any atom is 0.319 e. The topological polar surface area (TPSA) is 63.2 Å². The van der Waals surface area contributed by atoms with Gasteiger partial charge in [0.25, 0.3) is 0 Å². The van der Waals surface area contributed by atoms with Crippen molar-refractivity contribution in [3.8, 4) is 16.3 Å². The molecule has 0 radical (unpaired) electrons. The highest BCUT2D eigenvalue weighted by atomic mass is 32.1. The standard InChI is InChI=1S/C18H17N3O2S/c1-23-15-8-3-2-7-14(15)21-18(22)20-12-13-6-4-10-19-17(13)16-9-5-11-24-16/h2-11H,12H2,1H3,(H2,20,21,22). The molecule has 2 amide bonds. The van der Waals surface area contributed by atoms with Gasteiger partial charge in [0.1, 0.15) is 5.75 Å². The van der Waals surface area contributed by atoms with E-state index in [0.29, 0.717) is 18.0 Å². The first kappa shape index (κ1) is 16.0. The second-order valence-corrected chi connectivity index (χ2v) is 5.94. The highest BCUT2D eigenvalue weighted by Crippen LogP contribution is 2.26. The molecule has 2 heterocycles. The van der Waals surface area contributed by atoms with Crippen molar-refractivity contribution in [2.45, 2.75) is 6.54 Å². The van der Waals surface area contributed by atoms with Crippen molar-refractivity contribution >= 4 is 23.1 Å². The van der Waals surface area contributed by atoms with E-state index in [9.17, 15) is 4.79 Å². The number of rotatable bonds is 5. The van der Waals surface area contributed by atoms with Crippen molar-refractivity contribution in [1.82, 2.24) is 10.3 Å². The van der Waals surface area contributed by atoms with Crippen molar-refractivity contribution in [3.63, 3.8) is 0 Å². The summed E-state index contributed by atoms with van der Waals surface area (Å²) in [5.74, 6) is 0.619. The van der Waals surface area contributed by atoms with Gasteiger partial charge in [0.05, 0.1) is 23.4 Å². The van der Waals surface area contributed by atoms with E-state index >= 15 is 0 Å². The molecule has 1 aromatic carbocycles. The first-order valence-electron chi connectivity index (χ1n) is 7.43. The number of pyridine rings is 1. The third kappa shape index (κ3) is 3.72. The minimum absolute atomic E-state index is 0.291. The van der Waals surface area contributed by atoms with Gasteiger partial charge in [0.15, 0.2) is 0 Å². The maximum atomic E-state index is 12.2. The van der Waals surface area contributed by atoms with Gasteiger partial charge >= 0.3 is 6.03 Å². The van der Waals surface area contributed by atoms with Gasteiger partial charge in [-0.05, 0) is 35.2 Å². The zero-order valence-corrected chi connectivity index (χ0v) is 14.0. The summed E-state index contributed by atoms with van der Waals surface area (Å²) in [6.07, 6.45) is 1.76. The van der Waals surface area contributed by atoms with Gasteiger partial charge in [-0.3, -0.25) is 4.98 Å². The van der Waals surface area contributed by atoms with E-state index in [4.69, 9.17) is 4.74 Å². The van der Waals surface area contributed by atoms with Crippen LogP contribution in [0.25, 0.3) is 10.6 Å². The van der Waals surface area contributed by atoms with Crippen molar-refractivity contribution in [1.29, 1.82) is 0 Å². The lowest BCUT2D eigenvalue weighted by molar-refractivity contribution is 0.251. The van der Waals surface area contributed by atoms with Crippen LogP contribution in [0.5, 0.6) is 5.75 Å². The lowest BCUT2D eigenvalue weighted by atomic mass is 10.1. The van der Waals surface area contributed by atoms with Gasteiger partial charge in [-0.15, -0.1) is 11.3 Å². The van der Waals surface area contributed by atoms with Crippen LogP contribution >= 0.6 is 11.3 Å². The van der Waals surface area contributed by atoms with Gasteiger partial charge in [0, 0.05) is 12.7 Å². The number of hydrogen-bond donors (Lipinski definition) is 2. The summed E-state index contributed by atoms with van der Waals surface area (Å²) < 4.78 is 5.23. The molecule has 5 nitrogen and oxygen atoms in total. The molecule has 2 aromatic heterocycles. The zero-order chi connectivity index (χ0) is 16.8.